The predicted molar refractivity (Wildman–Crippen MR) is 138 cm³/mol. The van der Waals surface area contributed by atoms with Crippen molar-refractivity contribution in [3.8, 4) is 0 Å². The van der Waals surface area contributed by atoms with Crippen molar-refractivity contribution in [2.75, 3.05) is 12.4 Å². The van der Waals surface area contributed by atoms with E-state index in [1.54, 1.807) is 0 Å². The maximum atomic E-state index is 13.7. The van der Waals surface area contributed by atoms with Gasteiger partial charge in [0, 0.05) is 23.5 Å². The van der Waals surface area contributed by atoms with E-state index in [0.717, 1.165) is 18.6 Å². The van der Waals surface area contributed by atoms with Crippen molar-refractivity contribution in [3.05, 3.63) is 50.9 Å². The number of hydrogen-bond acceptors (Lipinski definition) is 6. The number of Topliss-reactive ketones (excluding diaryl/α,β-unsaturated/α-hetero) is 1. The fourth-order valence-electron chi connectivity index (χ4n) is 4.72. The number of ether oxygens (including phenoxy) is 1. The highest BCUT2D eigenvalue weighted by Crippen LogP contribution is 2.47. The predicted octanol–water partition coefficient (Wildman–Crippen LogP) is 6.38. The normalized spacial score (nSPS) is 18.9. The first-order valence-electron chi connectivity index (χ1n) is 12.3. The Morgan fingerprint density at radius 3 is 2.44 bits per heavy atom. The van der Waals surface area contributed by atoms with Crippen molar-refractivity contribution in [1.82, 2.24) is 5.48 Å². The summed E-state index contributed by atoms with van der Waals surface area (Å²) in [6.07, 6.45) is 4.60. The van der Waals surface area contributed by atoms with Crippen LogP contribution in [0.2, 0.25) is 0 Å². The molecule has 0 aromatic heterocycles. The molecule has 1 unspecified atom stereocenters. The molecule has 2 aliphatic rings. The Bertz CT molecular complexity index is 1050. The Morgan fingerprint density at radius 1 is 1.12 bits per heavy atom. The molecule has 5 nitrogen and oxygen atoms in total. The molecule has 186 valence electrons. The second kappa shape index (κ2) is 10.7. The lowest BCUT2D eigenvalue weighted by molar-refractivity contribution is -0.149. The maximum Gasteiger partial charge on any atom is 0.316 e. The molecular weight excluding hydrogens is 446 g/mol. The van der Waals surface area contributed by atoms with Gasteiger partial charge in [-0.15, -0.1) is 11.8 Å². The lowest BCUT2D eigenvalue weighted by Gasteiger charge is -2.31. The van der Waals surface area contributed by atoms with Gasteiger partial charge >= 0.3 is 5.97 Å². The number of nitrogens with one attached hydrogen (secondary N) is 1. The largest absolute Gasteiger partial charge is 0.430 e. The number of rotatable bonds is 7. The molecule has 1 aliphatic carbocycles. The summed E-state index contributed by atoms with van der Waals surface area (Å²) in [5.41, 5.74) is 9.88. The van der Waals surface area contributed by atoms with Crippen LogP contribution in [-0.2, 0) is 25.6 Å². The lowest BCUT2D eigenvalue weighted by atomic mass is 9.77. The summed E-state index contributed by atoms with van der Waals surface area (Å²) < 4.78 is 5.99. The van der Waals surface area contributed by atoms with Crippen LogP contribution in [0.1, 0.15) is 87.6 Å². The number of carbonyl (C=O) groups is 2. The molecule has 0 spiro atoms. The highest BCUT2D eigenvalue weighted by atomic mass is 32.2. The topological polar surface area (TPSA) is 64.6 Å². The van der Waals surface area contributed by atoms with E-state index in [0.29, 0.717) is 36.5 Å². The molecule has 1 N–H and O–H groups in total. The third kappa shape index (κ3) is 5.28. The highest BCUT2D eigenvalue weighted by molar-refractivity contribution is 7.99. The van der Waals surface area contributed by atoms with Gasteiger partial charge in [-0.3, -0.25) is 19.9 Å². The molecule has 1 aliphatic heterocycles. The van der Waals surface area contributed by atoms with Crippen LogP contribution in [0.15, 0.2) is 28.0 Å². The molecule has 3 rings (SSSR count). The number of hydrogen-bond donors (Lipinski definition) is 1. The minimum Gasteiger partial charge on any atom is -0.430 e. The quantitative estimate of drug-likeness (QED) is 0.357. The van der Waals surface area contributed by atoms with Crippen molar-refractivity contribution in [2.24, 2.45) is 5.41 Å². The van der Waals surface area contributed by atoms with Gasteiger partial charge in [0.1, 0.15) is 5.76 Å². The fourth-order valence-corrected chi connectivity index (χ4v) is 6.13. The van der Waals surface area contributed by atoms with Crippen molar-refractivity contribution < 1.29 is 19.2 Å². The van der Waals surface area contributed by atoms with Crippen LogP contribution in [-0.4, -0.2) is 24.1 Å². The van der Waals surface area contributed by atoms with E-state index in [1.165, 1.54) is 32.7 Å². The number of hydroxylamine groups is 1. The summed E-state index contributed by atoms with van der Waals surface area (Å²) in [6, 6.07) is 0. The van der Waals surface area contributed by atoms with Crippen LogP contribution < -0.4 is 5.48 Å². The molecule has 0 saturated carbocycles. The van der Waals surface area contributed by atoms with Crippen molar-refractivity contribution >= 4 is 23.5 Å². The summed E-state index contributed by atoms with van der Waals surface area (Å²) in [4.78, 5) is 33.4. The molecule has 6 heteroatoms. The van der Waals surface area contributed by atoms with Crippen molar-refractivity contribution in [3.63, 3.8) is 0 Å². The second-order valence-corrected chi connectivity index (χ2v) is 11.3. The summed E-state index contributed by atoms with van der Waals surface area (Å²) in [5, 5.41) is 0. The number of allylic oxidation sites excluding steroid dienone is 3. The van der Waals surface area contributed by atoms with Gasteiger partial charge in [-0.25, -0.2) is 0 Å². The zero-order chi connectivity index (χ0) is 25.2. The van der Waals surface area contributed by atoms with Gasteiger partial charge in [0.05, 0.1) is 23.3 Å². The van der Waals surface area contributed by atoms with Gasteiger partial charge in [0.2, 0.25) is 0 Å². The van der Waals surface area contributed by atoms with Gasteiger partial charge in [0.15, 0.2) is 5.78 Å². The smallest absolute Gasteiger partial charge is 0.316 e. The maximum absolute atomic E-state index is 13.7. The van der Waals surface area contributed by atoms with Gasteiger partial charge in [-0.05, 0) is 95.0 Å². The monoisotopic (exact) mass is 485 g/mol. The summed E-state index contributed by atoms with van der Waals surface area (Å²) in [5.74, 6) is 1.14. The molecular formula is C28H39NO4S. The van der Waals surface area contributed by atoms with Crippen LogP contribution in [0, 0.1) is 26.2 Å². The molecule has 0 saturated heterocycles. The van der Waals surface area contributed by atoms with E-state index >= 15 is 0 Å². The highest BCUT2D eigenvalue weighted by Gasteiger charge is 2.37. The average molecular weight is 486 g/mol. The molecule has 1 aromatic carbocycles. The van der Waals surface area contributed by atoms with E-state index in [4.69, 9.17) is 9.57 Å². The first-order chi connectivity index (χ1) is 16.0. The van der Waals surface area contributed by atoms with Crippen LogP contribution in [0.3, 0.4) is 0 Å². The van der Waals surface area contributed by atoms with Gasteiger partial charge in [-0.1, -0.05) is 13.0 Å². The minimum atomic E-state index is -0.677. The zero-order valence-electron chi connectivity index (χ0n) is 21.9. The molecule has 0 fully saturated rings. The van der Waals surface area contributed by atoms with Crippen LogP contribution >= 0.6 is 11.8 Å². The van der Waals surface area contributed by atoms with Gasteiger partial charge < -0.3 is 4.74 Å². The fraction of sp³-hybridized carbons (Fsp3) is 0.571. The van der Waals surface area contributed by atoms with E-state index in [2.05, 4.69) is 26.3 Å². The zero-order valence-corrected chi connectivity index (χ0v) is 22.8. The summed E-state index contributed by atoms with van der Waals surface area (Å²) >= 11 is 1.89. The Morgan fingerprint density at radius 2 is 1.82 bits per heavy atom. The number of benzene rings is 1. The molecule has 34 heavy (non-hydrogen) atoms. The molecule has 0 amide bonds. The van der Waals surface area contributed by atoms with Crippen LogP contribution in [0.5, 0.6) is 0 Å². The Kier molecular flexibility index (Phi) is 8.35. The van der Waals surface area contributed by atoms with Crippen LogP contribution in [0.25, 0.3) is 0 Å². The molecule has 1 atom stereocenters. The van der Waals surface area contributed by atoms with Gasteiger partial charge in [-0.2, -0.15) is 0 Å². The minimum absolute atomic E-state index is 0.0192. The third-order valence-corrected chi connectivity index (χ3v) is 7.92. The second-order valence-electron chi connectivity index (χ2n) is 10.2. The standard InChI is InChI=1S/C28H39NO4S/c1-9-11-21(29-32-10-2)25-22(30)14-19(15-23(25)33-27(31)28(6,7)8)24-18(5)16(3)17(4)20-12-13-34-26(20)24/h11,19,29H,9-10,12-15H2,1-8H3. The molecule has 0 radical (unpaired) electrons. The molecule has 1 aromatic rings. The Balaban J connectivity index is 2.13. The lowest BCUT2D eigenvalue weighted by Crippen LogP contribution is -2.30. The molecule has 0 bridgehead atoms. The van der Waals surface area contributed by atoms with Crippen molar-refractivity contribution in [2.45, 2.75) is 91.9 Å². The third-order valence-electron chi connectivity index (χ3n) is 6.76. The first-order valence-corrected chi connectivity index (χ1v) is 13.3. The SMILES string of the molecule is CCC=C(NOCC)C1=C(OC(=O)C(C)(C)C)CC(c2c(C)c(C)c(C)c3c2SCC3)CC1=O. The Hall–Kier alpha value is -2.05. The van der Waals surface area contributed by atoms with E-state index in [1.807, 2.05) is 52.5 Å². The number of thioether (sulfide) groups is 1. The van der Waals surface area contributed by atoms with Crippen LogP contribution in [0.4, 0.5) is 0 Å². The van der Waals surface area contributed by atoms with Crippen molar-refractivity contribution in [1.29, 1.82) is 0 Å². The number of carbonyl (C=O) groups excluding carboxylic acids is 2. The number of fused-ring (bicyclic) bond motifs is 1. The van der Waals surface area contributed by atoms with Gasteiger partial charge in [0.25, 0.3) is 0 Å². The van der Waals surface area contributed by atoms with E-state index < -0.39 is 5.41 Å². The molecule has 1 heterocycles. The average Bonchev–Trinajstić information content (AvgIpc) is 3.24. The first kappa shape index (κ1) is 26.6. The summed E-state index contributed by atoms with van der Waals surface area (Å²) in [7, 11) is 0. The Labute approximate surface area is 208 Å². The summed E-state index contributed by atoms with van der Waals surface area (Å²) in [6.45, 7) is 16.4. The number of esters is 1. The van der Waals surface area contributed by atoms with E-state index in [-0.39, 0.29) is 17.7 Å². The number of ketones is 1. The van der Waals surface area contributed by atoms with E-state index in [9.17, 15) is 9.59 Å².